The fourth-order valence-electron chi connectivity index (χ4n) is 2.14. The van der Waals surface area contributed by atoms with E-state index in [1.165, 1.54) is 0 Å². The summed E-state index contributed by atoms with van der Waals surface area (Å²) in [5.74, 6) is 0.407. The van der Waals surface area contributed by atoms with E-state index in [0.29, 0.717) is 19.4 Å². The van der Waals surface area contributed by atoms with Crippen molar-refractivity contribution in [1.29, 1.82) is 0 Å². The SMILES string of the molecule is CCOC(=O)C(CC)Oc1c(C)cc(Br)cc1CC(C)N. The van der Waals surface area contributed by atoms with E-state index in [1.54, 1.807) is 6.92 Å². The predicted molar refractivity (Wildman–Crippen MR) is 87.6 cm³/mol. The number of nitrogens with two attached hydrogens (primary N) is 1. The van der Waals surface area contributed by atoms with Crippen LogP contribution in [0.1, 0.15) is 38.3 Å². The number of ether oxygens (including phenoxy) is 2. The van der Waals surface area contributed by atoms with Crippen LogP contribution in [-0.2, 0) is 16.0 Å². The minimum atomic E-state index is -0.586. The van der Waals surface area contributed by atoms with Crippen molar-refractivity contribution in [3.63, 3.8) is 0 Å². The molecule has 0 aliphatic heterocycles. The van der Waals surface area contributed by atoms with Gasteiger partial charge < -0.3 is 15.2 Å². The number of hydrogen-bond donors (Lipinski definition) is 1. The Labute approximate surface area is 135 Å². The van der Waals surface area contributed by atoms with Gasteiger partial charge in [-0.25, -0.2) is 4.79 Å². The summed E-state index contributed by atoms with van der Waals surface area (Å²) in [6.45, 7) is 7.95. The first kappa shape index (κ1) is 18.0. The van der Waals surface area contributed by atoms with E-state index in [0.717, 1.165) is 21.3 Å². The summed E-state index contributed by atoms with van der Waals surface area (Å²) in [7, 11) is 0. The van der Waals surface area contributed by atoms with Crippen molar-refractivity contribution in [2.24, 2.45) is 5.73 Å². The molecule has 5 heteroatoms. The predicted octanol–water partition coefficient (Wildman–Crippen LogP) is 3.37. The molecule has 1 aromatic rings. The average molecular weight is 358 g/mol. The lowest BCUT2D eigenvalue weighted by Gasteiger charge is -2.21. The molecule has 2 unspecified atom stereocenters. The normalized spacial score (nSPS) is 13.6. The summed E-state index contributed by atoms with van der Waals surface area (Å²) in [5, 5.41) is 0. The zero-order chi connectivity index (χ0) is 16.0. The zero-order valence-corrected chi connectivity index (χ0v) is 14.7. The second kappa shape index (κ2) is 8.39. The molecule has 4 nitrogen and oxygen atoms in total. The fraction of sp³-hybridized carbons (Fsp3) is 0.562. The second-order valence-corrected chi connectivity index (χ2v) is 6.07. The smallest absolute Gasteiger partial charge is 0.347 e. The molecule has 2 N–H and O–H groups in total. The molecule has 0 bridgehead atoms. The van der Waals surface area contributed by atoms with Gasteiger partial charge in [0.05, 0.1) is 6.61 Å². The van der Waals surface area contributed by atoms with E-state index in [4.69, 9.17) is 15.2 Å². The van der Waals surface area contributed by atoms with E-state index < -0.39 is 6.10 Å². The first-order valence-electron chi connectivity index (χ1n) is 7.26. The van der Waals surface area contributed by atoms with Gasteiger partial charge >= 0.3 is 5.97 Å². The number of rotatable bonds is 7. The van der Waals surface area contributed by atoms with Gasteiger partial charge in [-0.2, -0.15) is 0 Å². The van der Waals surface area contributed by atoms with Crippen molar-refractivity contribution < 1.29 is 14.3 Å². The highest BCUT2D eigenvalue weighted by molar-refractivity contribution is 9.10. The summed E-state index contributed by atoms with van der Waals surface area (Å²) in [5.41, 5.74) is 7.88. The van der Waals surface area contributed by atoms with Crippen molar-refractivity contribution in [3.8, 4) is 5.75 Å². The van der Waals surface area contributed by atoms with Crippen LogP contribution in [0.3, 0.4) is 0 Å². The number of benzene rings is 1. The maximum atomic E-state index is 11.9. The maximum Gasteiger partial charge on any atom is 0.347 e. The molecule has 0 fully saturated rings. The van der Waals surface area contributed by atoms with Gasteiger partial charge in [-0.3, -0.25) is 0 Å². The van der Waals surface area contributed by atoms with E-state index in [9.17, 15) is 4.79 Å². The highest BCUT2D eigenvalue weighted by atomic mass is 79.9. The molecule has 0 aliphatic rings. The number of aryl methyl sites for hydroxylation is 1. The van der Waals surface area contributed by atoms with Crippen LogP contribution in [0.2, 0.25) is 0 Å². The summed E-state index contributed by atoms with van der Waals surface area (Å²) in [6.07, 6.45) is 0.664. The van der Waals surface area contributed by atoms with Gasteiger partial charge in [0.1, 0.15) is 5.75 Å². The molecule has 0 saturated carbocycles. The highest BCUT2D eigenvalue weighted by Crippen LogP contribution is 2.30. The van der Waals surface area contributed by atoms with Crippen LogP contribution < -0.4 is 10.5 Å². The van der Waals surface area contributed by atoms with Gasteiger partial charge in [-0.1, -0.05) is 22.9 Å². The van der Waals surface area contributed by atoms with Crippen LogP contribution in [0.5, 0.6) is 5.75 Å². The maximum absolute atomic E-state index is 11.9. The van der Waals surface area contributed by atoms with Gasteiger partial charge in [0.2, 0.25) is 0 Å². The second-order valence-electron chi connectivity index (χ2n) is 5.16. The van der Waals surface area contributed by atoms with Crippen LogP contribution in [0.4, 0.5) is 0 Å². The fourth-order valence-corrected chi connectivity index (χ4v) is 2.76. The first-order valence-corrected chi connectivity index (χ1v) is 8.06. The molecule has 118 valence electrons. The van der Waals surface area contributed by atoms with Crippen molar-refractivity contribution in [3.05, 3.63) is 27.7 Å². The lowest BCUT2D eigenvalue weighted by molar-refractivity contribution is -0.151. The van der Waals surface area contributed by atoms with Gasteiger partial charge in [0, 0.05) is 10.5 Å². The summed E-state index contributed by atoms with van der Waals surface area (Å²) in [4.78, 5) is 11.9. The Morgan fingerprint density at radius 1 is 1.38 bits per heavy atom. The van der Waals surface area contributed by atoms with Crippen LogP contribution in [0.15, 0.2) is 16.6 Å². The molecule has 0 heterocycles. The van der Waals surface area contributed by atoms with E-state index in [-0.39, 0.29) is 12.0 Å². The molecule has 0 spiro atoms. The topological polar surface area (TPSA) is 61.5 Å². The average Bonchev–Trinajstić information content (AvgIpc) is 2.37. The Balaban J connectivity index is 3.07. The first-order chi connectivity index (χ1) is 9.88. The van der Waals surface area contributed by atoms with Crippen LogP contribution >= 0.6 is 15.9 Å². The summed E-state index contributed by atoms with van der Waals surface area (Å²) < 4.78 is 12.0. The highest BCUT2D eigenvalue weighted by Gasteiger charge is 2.22. The molecule has 1 rings (SSSR count). The largest absolute Gasteiger partial charge is 0.478 e. The minimum Gasteiger partial charge on any atom is -0.478 e. The van der Waals surface area contributed by atoms with E-state index in [1.807, 2.05) is 32.9 Å². The molecule has 0 amide bonds. The van der Waals surface area contributed by atoms with Gasteiger partial charge in [-0.05, 0) is 56.9 Å². The molecule has 0 aliphatic carbocycles. The molecule has 0 aromatic heterocycles. The van der Waals surface area contributed by atoms with Crippen LogP contribution in [0, 0.1) is 6.92 Å². The van der Waals surface area contributed by atoms with Crippen LogP contribution in [-0.4, -0.2) is 24.7 Å². The molecule has 2 atom stereocenters. The quantitative estimate of drug-likeness (QED) is 0.760. The number of carbonyl (C=O) groups excluding carboxylic acids is 1. The van der Waals surface area contributed by atoms with Gasteiger partial charge in [0.15, 0.2) is 6.10 Å². The van der Waals surface area contributed by atoms with E-state index in [2.05, 4.69) is 15.9 Å². The Morgan fingerprint density at radius 3 is 2.57 bits per heavy atom. The molecular formula is C16H24BrNO3. The number of hydrogen-bond acceptors (Lipinski definition) is 4. The molecule has 0 radical (unpaired) electrons. The Bertz CT molecular complexity index is 489. The summed E-state index contributed by atoms with van der Waals surface area (Å²) in [6, 6.07) is 3.98. The zero-order valence-electron chi connectivity index (χ0n) is 13.1. The molecule has 1 aromatic carbocycles. The van der Waals surface area contributed by atoms with Gasteiger partial charge in [-0.15, -0.1) is 0 Å². The lowest BCUT2D eigenvalue weighted by atomic mass is 10.0. The third-order valence-corrected chi connectivity index (χ3v) is 3.50. The van der Waals surface area contributed by atoms with Crippen molar-refractivity contribution in [2.75, 3.05) is 6.61 Å². The third kappa shape index (κ3) is 5.32. The standard InChI is InChI=1S/C16H24BrNO3/c1-5-14(16(19)20-6-2)21-15-10(3)7-13(17)9-12(15)8-11(4)18/h7,9,11,14H,5-6,8,18H2,1-4H3. The van der Waals surface area contributed by atoms with Crippen LogP contribution in [0.25, 0.3) is 0 Å². The number of esters is 1. The van der Waals surface area contributed by atoms with E-state index >= 15 is 0 Å². The Kier molecular flexibility index (Phi) is 7.18. The lowest BCUT2D eigenvalue weighted by Crippen LogP contribution is -2.29. The number of carbonyl (C=O) groups is 1. The van der Waals surface area contributed by atoms with Crippen molar-refractivity contribution >= 4 is 21.9 Å². The molecule has 0 saturated heterocycles. The Morgan fingerprint density at radius 2 is 2.05 bits per heavy atom. The third-order valence-electron chi connectivity index (χ3n) is 3.04. The molecule has 21 heavy (non-hydrogen) atoms. The number of halogens is 1. The van der Waals surface area contributed by atoms with Crippen molar-refractivity contribution in [2.45, 2.75) is 52.7 Å². The minimum absolute atomic E-state index is 0.0173. The molecular weight excluding hydrogens is 334 g/mol. The Hall–Kier alpha value is -1.07. The monoisotopic (exact) mass is 357 g/mol. The van der Waals surface area contributed by atoms with Crippen molar-refractivity contribution in [1.82, 2.24) is 0 Å². The van der Waals surface area contributed by atoms with Gasteiger partial charge in [0.25, 0.3) is 0 Å². The summed E-state index contributed by atoms with van der Waals surface area (Å²) >= 11 is 3.49.